The first-order chi connectivity index (χ1) is 10.3. The molecule has 0 atom stereocenters. The van der Waals surface area contributed by atoms with Gasteiger partial charge in [-0.2, -0.15) is 0 Å². The molecule has 2 aliphatic rings. The molecule has 3 rings (SSSR count). The molecule has 2 fully saturated rings. The summed E-state index contributed by atoms with van der Waals surface area (Å²) in [5.41, 5.74) is 0.505. The highest BCUT2D eigenvalue weighted by Gasteiger charge is 2.24. The lowest BCUT2D eigenvalue weighted by molar-refractivity contribution is 0.0637. The number of carbonyl (C=O) groups is 1. The lowest BCUT2D eigenvalue weighted by atomic mass is 9.96. The zero-order valence-electron chi connectivity index (χ0n) is 12.9. The average molecular weight is 291 g/mol. The molecule has 1 amide bonds. The lowest BCUT2D eigenvalue weighted by Gasteiger charge is -2.33. The van der Waals surface area contributed by atoms with Crippen molar-refractivity contribution in [2.24, 2.45) is 0 Å². The van der Waals surface area contributed by atoms with Gasteiger partial charge < -0.3 is 9.80 Å². The molecule has 1 saturated carbocycles. The van der Waals surface area contributed by atoms with Crippen molar-refractivity contribution in [3.8, 4) is 0 Å². The molecule has 21 heavy (non-hydrogen) atoms. The average Bonchev–Trinajstić information content (AvgIpc) is 3.05. The van der Waals surface area contributed by atoms with Gasteiger partial charge in [0, 0.05) is 26.2 Å². The van der Waals surface area contributed by atoms with Gasteiger partial charge in [-0.05, 0) is 19.4 Å². The molecule has 1 aromatic rings. The van der Waals surface area contributed by atoms with Crippen LogP contribution in [-0.4, -0.2) is 63.4 Å². The Morgan fingerprint density at radius 1 is 1.19 bits per heavy atom. The Hall–Kier alpha value is -1.43. The highest BCUT2D eigenvalue weighted by molar-refractivity contribution is 5.92. The Kier molecular flexibility index (Phi) is 4.53. The van der Waals surface area contributed by atoms with E-state index in [4.69, 9.17) is 0 Å². The van der Waals surface area contributed by atoms with Crippen LogP contribution >= 0.6 is 0 Å². The number of amides is 1. The van der Waals surface area contributed by atoms with E-state index in [1.807, 2.05) is 15.8 Å². The van der Waals surface area contributed by atoms with Crippen LogP contribution in [-0.2, 0) is 0 Å². The zero-order valence-corrected chi connectivity index (χ0v) is 12.9. The highest BCUT2D eigenvalue weighted by atomic mass is 16.2. The van der Waals surface area contributed by atoms with E-state index in [0.29, 0.717) is 11.7 Å². The van der Waals surface area contributed by atoms with Gasteiger partial charge in [0.25, 0.3) is 5.91 Å². The molecule has 0 radical (unpaired) electrons. The van der Waals surface area contributed by atoms with Crippen LogP contribution in [0.2, 0.25) is 0 Å². The van der Waals surface area contributed by atoms with Gasteiger partial charge in [0.05, 0.1) is 12.2 Å². The largest absolute Gasteiger partial charge is 0.335 e. The number of piperazine rings is 1. The minimum Gasteiger partial charge on any atom is -0.335 e. The van der Waals surface area contributed by atoms with Crippen molar-refractivity contribution >= 4 is 5.91 Å². The van der Waals surface area contributed by atoms with E-state index in [9.17, 15) is 4.79 Å². The molecule has 0 bridgehead atoms. The summed E-state index contributed by atoms with van der Waals surface area (Å²) in [5.74, 6) is 0.0350. The molecular weight excluding hydrogens is 266 g/mol. The molecule has 1 saturated heterocycles. The van der Waals surface area contributed by atoms with E-state index < -0.39 is 0 Å². The van der Waals surface area contributed by atoms with Gasteiger partial charge in [0.2, 0.25) is 0 Å². The Morgan fingerprint density at radius 3 is 2.57 bits per heavy atom. The van der Waals surface area contributed by atoms with Crippen molar-refractivity contribution in [2.45, 2.75) is 45.1 Å². The topological polar surface area (TPSA) is 54.3 Å². The van der Waals surface area contributed by atoms with Crippen LogP contribution in [0.25, 0.3) is 0 Å². The second-order valence-electron chi connectivity index (χ2n) is 6.10. The number of hydrogen-bond acceptors (Lipinski definition) is 4. The quantitative estimate of drug-likeness (QED) is 0.848. The predicted octanol–water partition coefficient (Wildman–Crippen LogP) is 1.56. The summed E-state index contributed by atoms with van der Waals surface area (Å²) in [7, 11) is 0. The number of nitrogens with zero attached hydrogens (tertiary/aromatic N) is 5. The van der Waals surface area contributed by atoms with Crippen LogP contribution in [0.3, 0.4) is 0 Å². The molecule has 0 unspecified atom stereocenters. The van der Waals surface area contributed by atoms with Gasteiger partial charge in [0.1, 0.15) is 0 Å². The van der Waals surface area contributed by atoms with E-state index >= 15 is 0 Å². The van der Waals surface area contributed by atoms with E-state index in [1.54, 1.807) is 0 Å². The van der Waals surface area contributed by atoms with Gasteiger partial charge in [-0.15, -0.1) is 5.10 Å². The summed E-state index contributed by atoms with van der Waals surface area (Å²) in [5, 5.41) is 8.31. The van der Waals surface area contributed by atoms with Crippen LogP contribution in [0.4, 0.5) is 0 Å². The van der Waals surface area contributed by atoms with Crippen LogP contribution in [0.1, 0.15) is 55.6 Å². The van der Waals surface area contributed by atoms with Crippen molar-refractivity contribution < 1.29 is 4.79 Å². The number of aromatic nitrogens is 3. The third-order valence-corrected chi connectivity index (χ3v) is 4.78. The first-order valence-corrected chi connectivity index (χ1v) is 8.21. The Balaban J connectivity index is 1.61. The molecule has 2 heterocycles. The van der Waals surface area contributed by atoms with Crippen molar-refractivity contribution in [3.63, 3.8) is 0 Å². The summed E-state index contributed by atoms with van der Waals surface area (Å²) in [4.78, 5) is 16.8. The summed E-state index contributed by atoms with van der Waals surface area (Å²) in [6, 6.07) is 0.435. The summed E-state index contributed by atoms with van der Waals surface area (Å²) in [6.45, 7) is 6.72. The van der Waals surface area contributed by atoms with Crippen molar-refractivity contribution in [2.75, 3.05) is 32.7 Å². The molecular formula is C15H25N5O. The minimum absolute atomic E-state index is 0.0350. The molecule has 6 heteroatoms. The first kappa shape index (κ1) is 14.5. The third kappa shape index (κ3) is 3.26. The van der Waals surface area contributed by atoms with Gasteiger partial charge in [-0.3, -0.25) is 4.79 Å². The zero-order chi connectivity index (χ0) is 14.7. The Bertz CT molecular complexity index is 472. The maximum Gasteiger partial charge on any atom is 0.276 e. The molecule has 116 valence electrons. The molecule has 1 aliphatic heterocycles. The van der Waals surface area contributed by atoms with Gasteiger partial charge in [-0.1, -0.05) is 31.4 Å². The lowest BCUT2D eigenvalue weighted by Crippen LogP contribution is -2.48. The molecule has 0 N–H and O–H groups in total. The minimum atomic E-state index is 0.0350. The molecule has 1 aromatic heterocycles. The summed E-state index contributed by atoms with van der Waals surface area (Å²) in [6.07, 6.45) is 8.00. The van der Waals surface area contributed by atoms with Gasteiger partial charge in [0.15, 0.2) is 5.69 Å². The maximum atomic E-state index is 12.5. The fourth-order valence-electron chi connectivity index (χ4n) is 3.33. The monoisotopic (exact) mass is 291 g/mol. The fourth-order valence-corrected chi connectivity index (χ4v) is 3.33. The van der Waals surface area contributed by atoms with Crippen LogP contribution in [0.5, 0.6) is 0 Å². The molecule has 1 aliphatic carbocycles. The summed E-state index contributed by atoms with van der Waals surface area (Å²) >= 11 is 0. The van der Waals surface area contributed by atoms with Crippen molar-refractivity contribution in [3.05, 3.63) is 11.9 Å². The molecule has 6 nitrogen and oxygen atoms in total. The standard InChI is InChI=1S/C15H25N5O/c1-2-18-8-10-19(11-9-18)15(21)14-12-20(17-16-14)13-6-4-3-5-7-13/h12-13H,2-11H2,1H3. The van der Waals surface area contributed by atoms with E-state index in [1.165, 1.54) is 19.3 Å². The van der Waals surface area contributed by atoms with Crippen molar-refractivity contribution in [1.82, 2.24) is 24.8 Å². The second-order valence-corrected chi connectivity index (χ2v) is 6.10. The number of rotatable bonds is 3. The normalized spacial score (nSPS) is 21.7. The Morgan fingerprint density at radius 2 is 1.90 bits per heavy atom. The Labute approximate surface area is 126 Å². The fraction of sp³-hybridized carbons (Fsp3) is 0.800. The van der Waals surface area contributed by atoms with Crippen molar-refractivity contribution in [1.29, 1.82) is 0 Å². The van der Waals surface area contributed by atoms with Gasteiger partial charge in [-0.25, -0.2) is 4.68 Å². The third-order valence-electron chi connectivity index (χ3n) is 4.78. The van der Waals surface area contributed by atoms with Crippen LogP contribution in [0, 0.1) is 0 Å². The number of carbonyl (C=O) groups excluding carboxylic acids is 1. The smallest absolute Gasteiger partial charge is 0.276 e. The summed E-state index contributed by atoms with van der Waals surface area (Å²) < 4.78 is 1.91. The van der Waals surface area contributed by atoms with E-state index in [2.05, 4.69) is 22.1 Å². The van der Waals surface area contributed by atoms with E-state index in [-0.39, 0.29) is 5.91 Å². The predicted molar refractivity (Wildman–Crippen MR) is 80.2 cm³/mol. The molecule has 0 spiro atoms. The van der Waals surface area contributed by atoms with Crippen LogP contribution < -0.4 is 0 Å². The number of likely N-dealkylation sites (N-methyl/N-ethyl adjacent to an activating group) is 1. The maximum absolute atomic E-state index is 12.5. The number of hydrogen-bond donors (Lipinski definition) is 0. The second kappa shape index (κ2) is 6.56. The first-order valence-electron chi connectivity index (χ1n) is 8.21. The van der Waals surface area contributed by atoms with Gasteiger partial charge >= 0.3 is 0 Å². The van der Waals surface area contributed by atoms with Crippen LogP contribution in [0.15, 0.2) is 6.20 Å². The highest BCUT2D eigenvalue weighted by Crippen LogP contribution is 2.27. The molecule has 0 aromatic carbocycles. The van der Waals surface area contributed by atoms with E-state index in [0.717, 1.165) is 45.6 Å². The SMILES string of the molecule is CCN1CCN(C(=O)c2cn(C3CCCCC3)nn2)CC1.